The first-order valence-electron chi connectivity index (χ1n) is 6.51. The molecule has 1 unspecified atom stereocenters. The highest BCUT2D eigenvalue weighted by Gasteiger charge is 2.21. The Bertz CT molecular complexity index is 405. The van der Waals surface area contributed by atoms with Crippen molar-refractivity contribution in [2.75, 3.05) is 19.8 Å². The minimum atomic E-state index is -0.137. The maximum Gasteiger partial charge on any atom is 0.123 e. The van der Waals surface area contributed by atoms with Crippen LogP contribution in [-0.4, -0.2) is 19.8 Å². The second-order valence-electron chi connectivity index (χ2n) is 4.58. The van der Waals surface area contributed by atoms with Gasteiger partial charge < -0.3 is 10.1 Å². The van der Waals surface area contributed by atoms with E-state index in [0.29, 0.717) is 12.6 Å². The van der Waals surface area contributed by atoms with Crippen molar-refractivity contribution in [2.45, 2.75) is 25.3 Å². The predicted octanol–water partition coefficient (Wildman–Crippen LogP) is 3.00. The van der Waals surface area contributed by atoms with Crippen LogP contribution in [-0.2, 0) is 11.2 Å². The molecule has 0 heterocycles. The highest BCUT2D eigenvalue weighted by atomic mass is 19.1. The normalized spacial score (nSPS) is 17.7. The van der Waals surface area contributed by atoms with Gasteiger partial charge in [0.1, 0.15) is 5.82 Å². The van der Waals surface area contributed by atoms with Crippen LogP contribution >= 0.6 is 0 Å². The van der Waals surface area contributed by atoms with Gasteiger partial charge in [-0.15, -0.1) is 6.58 Å². The molecule has 2 rings (SSSR count). The summed E-state index contributed by atoms with van der Waals surface area (Å²) in [6.07, 6.45) is 4.76. The maximum absolute atomic E-state index is 13.1. The smallest absolute Gasteiger partial charge is 0.123 e. The fourth-order valence-corrected chi connectivity index (χ4v) is 2.37. The van der Waals surface area contributed by atoms with E-state index in [1.807, 2.05) is 12.1 Å². The summed E-state index contributed by atoms with van der Waals surface area (Å²) in [5.74, 6) is -0.137. The van der Waals surface area contributed by atoms with E-state index in [1.54, 1.807) is 12.1 Å². The molecule has 0 spiro atoms. The van der Waals surface area contributed by atoms with Gasteiger partial charge in [0.2, 0.25) is 0 Å². The van der Waals surface area contributed by atoms with E-state index >= 15 is 0 Å². The number of aryl methyl sites for hydroxylation is 1. The molecule has 98 valence electrons. The van der Waals surface area contributed by atoms with Gasteiger partial charge in [0.25, 0.3) is 0 Å². The molecule has 0 bridgehead atoms. The highest BCUT2D eigenvalue weighted by Crippen LogP contribution is 2.31. The summed E-state index contributed by atoms with van der Waals surface area (Å²) in [7, 11) is 0. The molecule has 1 aliphatic carbocycles. The van der Waals surface area contributed by atoms with Crippen LogP contribution in [0.15, 0.2) is 30.9 Å². The van der Waals surface area contributed by atoms with Crippen LogP contribution in [0.1, 0.15) is 30.0 Å². The molecule has 0 radical (unpaired) electrons. The van der Waals surface area contributed by atoms with Crippen molar-refractivity contribution in [1.29, 1.82) is 0 Å². The zero-order valence-electron chi connectivity index (χ0n) is 10.6. The van der Waals surface area contributed by atoms with Crippen LogP contribution < -0.4 is 5.32 Å². The van der Waals surface area contributed by atoms with Crippen molar-refractivity contribution < 1.29 is 9.13 Å². The lowest BCUT2D eigenvalue weighted by atomic mass is 10.1. The molecule has 1 atom stereocenters. The Morgan fingerprint density at radius 3 is 3.17 bits per heavy atom. The maximum atomic E-state index is 13.1. The number of rotatable bonds is 7. The average molecular weight is 249 g/mol. The van der Waals surface area contributed by atoms with E-state index in [9.17, 15) is 4.39 Å². The molecule has 0 aliphatic heterocycles. The lowest BCUT2D eigenvalue weighted by Crippen LogP contribution is -2.23. The molecule has 0 saturated heterocycles. The summed E-state index contributed by atoms with van der Waals surface area (Å²) in [6, 6.07) is 5.44. The van der Waals surface area contributed by atoms with Crippen LogP contribution in [0.2, 0.25) is 0 Å². The lowest BCUT2D eigenvalue weighted by Gasteiger charge is -2.14. The van der Waals surface area contributed by atoms with Gasteiger partial charge in [-0.3, -0.25) is 0 Å². The number of benzene rings is 1. The highest BCUT2D eigenvalue weighted by molar-refractivity contribution is 5.34. The van der Waals surface area contributed by atoms with Gasteiger partial charge in [0, 0.05) is 12.6 Å². The molecule has 1 aromatic rings. The summed E-state index contributed by atoms with van der Waals surface area (Å²) in [5, 5.41) is 3.46. The van der Waals surface area contributed by atoms with Gasteiger partial charge in [-0.2, -0.15) is 0 Å². The standard InChI is InChI=1S/C15H20FNO/c1-2-3-9-18-10-8-17-15-7-4-12-11-13(16)5-6-14(12)15/h2,5-6,11,15,17H,1,3-4,7-10H2. The van der Waals surface area contributed by atoms with Crippen molar-refractivity contribution in [2.24, 2.45) is 0 Å². The molecular weight excluding hydrogens is 229 g/mol. The largest absolute Gasteiger partial charge is 0.380 e. The fourth-order valence-electron chi connectivity index (χ4n) is 2.37. The first-order valence-corrected chi connectivity index (χ1v) is 6.51. The number of ether oxygens (including phenoxy) is 1. The van der Waals surface area contributed by atoms with Gasteiger partial charge in [-0.1, -0.05) is 12.1 Å². The Kier molecular flexibility index (Phi) is 4.90. The topological polar surface area (TPSA) is 21.3 Å². The van der Waals surface area contributed by atoms with E-state index in [-0.39, 0.29) is 5.82 Å². The van der Waals surface area contributed by atoms with Crippen molar-refractivity contribution in [1.82, 2.24) is 5.32 Å². The number of fused-ring (bicyclic) bond motifs is 1. The first kappa shape index (κ1) is 13.2. The molecule has 0 fully saturated rings. The second kappa shape index (κ2) is 6.66. The Labute approximate surface area is 108 Å². The summed E-state index contributed by atoms with van der Waals surface area (Å²) in [6.45, 7) is 5.92. The molecule has 1 aliphatic rings. The van der Waals surface area contributed by atoms with Crippen molar-refractivity contribution in [3.05, 3.63) is 47.8 Å². The van der Waals surface area contributed by atoms with Crippen LogP contribution in [0.5, 0.6) is 0 Å². The molecular formula is C15H20FNO. The third kappa shape index (κ3) is 3.40. The minimum Gasteiger partial charge on any atom is -0.380 e. The summed E-state index contributed by atoms with van der Waals surface area (Å²) >= 11 is 0. The van der Waals surface area contributed by atoms with E-state index in [1.165, 1.54) is 5.56 Å². The Balaban J connectivity index is 1.74. The molecule has 1 N–H and O–H groups in total. The molecule has 0 aromatic heterocycles. The van der Waals surface area contributed by atoms with Gasteiger partial charge in [-0.25, -0.2) is 4.39 Å². The lowest BCUT2D eigenvalue weighted by molar-refractivity contribution is 0.138. The van der Waals surface area contributed by atoms with Gasteiger partial charge >= 0.3 is 0 Å². The predicted molar refractivity (Wildman–Crippen MR) is 71.1 cm³/mol. The molecule has 0 amide bonds. The number of halogens is 1. The third-order valence-corrected chi connectivity index (χ3v) is 3.29. The fraction of sp³-hybridized carbons (Fsp3) is 0.467. The van der Waals surface area contributed by atoms with E-state index < -0.39 is 0 Å². The molecule has 1 aromatic carbocycles. The van der Waals surface area contributed by atoms with E-state index in [2.05, 4.69) is 11.9 Å². The van der Waals surface area contributed by atoms with Crippen LogP contribution in [0.4, 0.5) is 4.39 Å². The number of hydrogen-bond donors (Lipinski definition) is 1. The second-order valence-corrected chi connectivity index (χ2v) is 4.58. The molecule has 2 nitrogen and oxygen atoms in total. The quantitative estimate of drug-likeness (QED) is 0.592. The zero-order chi connectivity index (χ0) is 12.8. The van der Waals surface area contributed by atoms with Crippen molar-refractivity contribution >= 4 is 0 Å². The monoisotopic (exact) mass is 249 g/mol. The van der Waals surface area contributed by atoms with Gasteiger partial charge in [-0.05, 0) is 42.5 Å². The van der Waals surface area contributed by atoms with Gasteiger partial charge in [0.05, 0.1) is 13.2 Å². The summed E-state index contributed by atoms with van der Waals surface area (Å²) in [4.78, 5) is 0. The van der Waals surface area contributed by atoms with Crippen molar-refractivity contribution in [3.8, 4) is 0 Å². The Morgan fingerprint density at radius 2 is 2.33 bits per heavy atom. The molecule has 0 saturated carbocycles. The van der Waals surface area contributed by atoms with Crippen LogP contribution in [0.3, 0.4) is 0 Å². The van der Waals surface area contributed by atoms with Gasteiger partial charge in [0.15, 0.2) is 0 Å². The Hall–Kier alpha value is -1.19. The van der Waals surface area contributed by atoms with E-state index in [0.717, 1.165) is 38.0 Å². The summed E-state index contributed by atoms with van der Waals surface area (Å²) < 4.78 is 18.5. The minimum absolute atomic E-state index is 0.137. The Morgan fingerprint density at radius 1 is 1.44 bits per heavy atom. The zero-order valence-corrected chi connectivity index (χ0v) is 10.6. The SMILES string of the molecule is C=CCCOCCNC1CCc2cc(F)ccc21. The molecule has 18 heavy (non-hydrogen) atoms. The van der Waals surface area contributed by atoms with E-state index in [4.69, 9.17) is 4.74 Å². The van der Waals surface area contributed by atoms with Crippen LogP contribution in [0, 0.1) is 5.82 Å². The van der Waals surface area contributed by atoms with Crippen molar-refractivity contribution in [3.63, 3.8) is 0 Å². The van der Waals surface area contributed by atoms with Crippen LogP contribution in [0.25, 0.3) is 0 Å². The summed E-state index contributed by atoms with van der Waals surface area (Å²) in [5.41, 5.74) is 2.38. The first-order chi connectivity index (χ1) is 8.81. The third-order valence-electron chi connectivity index (χ3n) is 3.29. The number of nitrogens with one attached hydrogen (secondary N) is 1. The average Bonchev–Trinajstić information content (AvgIpc) is 2.76. The number of hydrogen-bond acceptors (Lipinski definition) is 2. The molecule has 3 heteroatoms.